The molecule has 2 aromatic rings. The monoisotopic (exact) mass is 459 g/mol. The second-order valence-electron chi connectivity index (χ2n) is 6.91. The Labute approximate surface area is 179 Å². The van der Waals surface area contributed by atoms with Crippen molar-refractivity contribution in [3.8, 4) is 17.2 Å². The van der Waals surface area contributed by atoms with Crippen LogP contribution in [-0.2, 0) is 16.6 Å². The third kappa shape index (κ3) is 4.00. The van der Waals surface area contributed by atoms with Gasteiger partial charge in [-0.15, -0.1) is 0 Å². The Kier molecular flexibility index (Phi) is 5.81. The van der Waals surface area contributed by atoms with E-state index in [4.69, 9.17) is 37.4 Å². The molecule has 156 valence electrons. The maximum absolute atomic E-state index is 13.1. The van der Waals surface area contributed by atoms with E-state index in [0.717, 1.165) is 23.6 Å². The van der Waals surface area contributed by atoms with Crippen molar-refractivity contribution in [3.05, 3.63) is 45.9 Å². The zero-order valence-corrected chi connectivity index (χ0v) is 18.1. The summed E-state index contributed by atoms with van der Waals surface area (Å²) in [6.07, 6.45) is 0. The van der Waals surface area contributed by atoms with E-state index in [1.165, 1.54) is 28.4 Å². The van der Waals surface area contributed by atoms with Gasteiger partial charge in [-0.2, -0.15) is 4.31 Å². The summed E-state index contributed by atoms with van der Waals surface area (Å²) in [5.41, 5.74) is 1.13. The van der Waals surface area contributed by atoms with Crippen LogP contribution in [0.25, 0.3) is 0 Å². The van der Waals surface area contributed by atoms with Gasteiger partial charge in [0.05, 0.1) is 38.3 Å². The Morgan fingerprint density at radius 2 is 1.79 bits per heavy atom. The molecule has 2 aromatic carbocycles. The van der Waals surface area contributed by atoms with E-state index in [0.29, 0.717) is 31.9 Å². The fourth-order valence-corrected chi connectivity index (χ4v) is 5.83. The number of hydrogen-bond donors (Lipinski definition) is 1. The van der Waals surface area contributed by atoms with Gasteiger partial charge in [0.1, 0.15) is 22.2 Å². The Hall–Kier alpha value is -1.71. The lowest BCUT2D eigenvalue weighted by molar-refractivity contribution is -0.917. The third-order valence-corrected chi connectivity index (χ3v) is 8.09. The van der Waals surface area contributed by atoms with Crippen LogP contribution >= 0.6 is 23.2 Å². The van der Waals surface area contributed by atoms with Gasteiger partial charge in [0.15, 0.2) is 11.5 Å². The highest BCUT2D eigenvalue weighted by molar-refractivity contribution is 7.89. The SMILES string of the molecule is COc1ccc(S(=O)(=O)N2CC[NH+](Cc3ccc4c(c3)OCO4)CC2)c(Cl)c1Cl. The molecule has 0 unspecified atom stereocenters. The fourth-order valence-electron chi connectivity index (χ4n) is 3.57. The number of methoxy groups -OCH3 is 1. The maximum atomic E-state index is 13.1. The number of hydrogen-bond acceptors (Lipinski definition) is 5. The number of nitrogens with zero attached hydrogens (tertiary/aromatic N) is 1. The number of piperazine rings is 1. The van der Waals surface area contributed by atoms with Gasteiger partial charge in [0.25, 0.3) is 0 Å². The van der Waals surface area contributed by atoms with Crippen molar-refractivity contribution in [2.75, 3.05) is 40.1 Å². The minimum absolute atomic E-state index is 0.00388. The predicted molar refractivity (Wildman–Crippen MR) is 109 cm³/mol. The van der Waals surface area contributed by atoms with Crippen molar-refractivity contribution in [1.82, 2.24) is 4.31 Å². The van der Waals surface area contributed by atoms with Crippen molar-refractivity contribution < 1.29 is 27.5 Å². The molecule has 2 heterocycles. The number of fused-ring (bicyclic) bond motifs is 1. The molecule has 0 spiro atoms. The molecule has 4 rings (SSSR count). The lowest BCUT2D eigenvalue weighted by atomic mass is 10.2. The quantitative estimate of drug-likeness (QED) is 0.738. The fraction of sp³-hybridized carbons (Fsp3) is 0.368. The maximum Gasteiger partial charge on any atom is 0.245 e. The highest BCUT2D eigenvalue weighted by atomic mass is 35.5. The minimum atomic E-state index is -3.73. The Morgan fingerprint density at radius 1 is 1.07 bits per heavy atom. The first-order chi connectivity index (χ1) is 13.9. The standard InChI is InChI=1S/C19H20Cl2N2O5S/c1-26-15-4-5-17(19(21)18(15)20)29(24,25)23-8-6-22(7-9-23)11-13-2-3-14-16(10-13)28-12-27-14/h2-5,10H,6-9,11-12H2,1H3/p+1. The number of halogens is 2. The molecule has 10 heteroatoms. The summed E-state index contributed by atoms with van der Waals surface area (Å²) in [6.45, 7) is 3.23. The van der Waals surface area contributed by atoms with Crippen LogP contribution in [0.2, 0.25) is 10.0 Å². The molecule has 2 aliphatic rings. The number of benzene rings is 2. The lowest BCUT2D eigenvalue weighted by Gasteiger charge is -2.31. The van der Waals surface area contributed by atoms with Crippen LogP contribution < -0.4 is 19.1 Å². The van der Waals surface area contributed by atoms with Crippen LogP contribution in [0.5, 0.6) is 17.2 Å². The summed E-state index contributed by atoms with van der Waals surface area (Å²) < 4.78 is 43.4. The molecule has 1 N–H and O–H groups in total. The van der Waals surface area contributed by atoms with E-state index >= 15 is 0 Å². The molecule has 7 nitrogen and oxygen atoms in total. The normalized spacial score (nSPS) is 17.5. The third-order valence-electron chi connectivity index (χ3n) is 5.17. The van der Waals surface area contributed by atoms with Crippen LogP contribution in [0.3, 0.4) is 0 Å². The molecule has 0 bridgehead atoms. The van der Waals surface area contributed by atoms with Crippen molar-refractivity contribution in [1.29, 1.82) is 0 Å². The van der Waals surface area contributed by atoms with Crippen molar-refractivity contribution in [2.24, 2.45) is 0 Å². The second-order valence-corrected chi connectivity index (χ2v) is 9.57. The Bertz CT molecular complexity index is 1020. The lowest BCUT2D eigenvalue weighted by Crippen LogP contribution is -3.13. The van der Waals surface area contributed by atoms with Gasteiger partial charge in [0.2, 0.25) is 16.8 Å². The van der Waals surface area contributed by atoms with Gasteiger partial charge >= 0.3 is 0 Å². The smallest absolute Gasteiger partial charge is 0.245 e. The van der Waals surface area contributed by atoms with E-state index in [-0.39, 0.29) is 21.7 Å². The van der Waals surface area contributed by atoms with Gasteiger partial charge in [-0.05, 0) is 30.3 Å². The average molecular weight is 460 g/mol. The largest absolute Gasteiger partial charge is 0.495 e. The van der Waals surface area contributed by atoms with E-state index < -0.39 is 10.0 Å². The summed E-state index contributed by atoms with van der Waals surface area (Å²) in [4.78, 5) is 1.30. The van der Waals surface area contributed by atoms with Crippen molar-refractivity contribution in [3.63, 3.8) is 0 Å². The van der Waals surface area contributed by atoms with Gasteiger partial charge in [0, 0.05) is 5.56 Å². The molecule has 0 saturated carbocycles. The average Bonchev–Trinajstić information content (AvgIpc) is 3.18. The molecular weight excluding hydrogens is 439 g/mol. The Morgan fingerprint density at radius 3 is 2.52 bits per heavy atom. The van der Waals surface area contributed by atoms with E-state index in [1.807, 2.05) is 18.2 Å². The van der Waals surface area contributed by atoms with Gasteiger partial charge < -0.3 is 19.1 Å². The molecule has 0 radical (unpaired) electrons. The molecule has 1 fully saturated rings. The topological polar surface area (TPSA) is 69.5 Å². The minimum Gasteiger partial charge on any atom is -0.495 e. The number of rotatable bonds is 5. The van der Waals surface area contributed by atoms with Crippen LogP contribution in [0, 0.1) is 0 Å². The number of sulfonamides is 1. The van der Waals surface area contributed by atoms with Crippen molar-refractivity contribution in [2.45, 2.75) is 11.4 Å². The number of nitrogens with one attached hydrogen (secondary N) is 1. The molecule has 0 aromatic heterocycles. The molecule has 0 aliphatic carbocycles. The van der Waals surface area contributed by atoms with Crippen LogP contribution in [-0.4, -0.2) is 52.8 Å². The van der Waals surface area contributed by atoms with E-state index in [9.17, 15) is 8.42 Å². The molecule has 0 amide bonds. The van der Waals surface area contributed by atoms with E-state index in [2.05, 4.69) is 0 Å². The Balaban J connectivity index is 1.43. The summed E-state index contributed by atoms with van der Waals surface area (Å²) >= 11 is 12.4. The van der Waals surface area contributed by atoms with E-state index in [1.54, 1.807) is 0 Å². The van der Waals surface area contributed by atoms with Gasteiger partial charge in [-0.25, -0.2) is 8.42 Å². The highest BCUT2D eigenvalue weighted by Crippen LogP contribution is 2.37. The first kappa shape index (κ1) is 20.6. The molecule has 0 atom stereocenters. The number of ether oxygens (including phenoxy) is 3. The molecule has 2 aliphatic heterocycles. The van der Waals surface area contributed by atoms with Crippen LogP contribution in [0.1, 0.15) is 5.56 Å². The zero-order valence-electron chi connectivity index (χ0n) is 15.8. The highest BCUT2D eigenvalue weighted by Gasteiger charge is 2.33. The van der Waals surface area contributed by atoms with Crippen LogP contribution in [0.15, 0.2) is 35.2 Å². The molecule has 29 heavy (non-hydrogen) atoms. The second kappa shape index (κ2) is 8.20. The first-order valence-electron chi connectivity index (χ1n) is 9.14. The molecular formula is C19H21Cl2N2O5S+. The summed E-state index contributed by atoms with van der Waals surface area (Å²) in [6, 6.07) is 8.87. The number of quaternary nitrogens is 1. The molecule has 1 saturated heterocycles. The first-order valence-corrected chi connectivity index (χ1v) is 11.3. The predicted octanol–water partition coefficient (Wildman–Crippen LogP) is 1.82. The van der Waals surface area contributed by atoms with Gasteiger partial charge in [-0.1, -0.05) is 23.2 Å². The van der Waals surface area contributed by atoms with Gasteiger partial charge in [-0.3, -0.25) is 0 Å². The summed E-state index contributed by atoms with van der Waals surface area (Å²) in [7, 11) is -2.28. The van der Waals surface area contributed by atoms with Crippen molar-refractivity contribution >= 4 is 33.2 Å². The van der Waals surface area contributed by atoms with Crippen LogP contribution in [0.4, 0.5) is 0 Å². The summed E-state index contributed by atoms with van der Waals surface area (Å²) in [5, 5.41) is 0.0865. The zero-order chi connectivity index (χ0) is 20.6. The summed E-state index contributed by atoms with van der Waals surface area (Å²) in [5.74, 6) is 1.86.